The zero-order chi connectivity index (χ0) is 16.2. The molecule has 0 radical (unpaired) electrons. The van der Waals surface area contributed by atoms with Crippen LogP contribution in [-0.4, -0.2) is 24.9 Å². The third-order valence-electron chi connectivity index (χ3n) is 2.83. The van der Waals surface area contributed by atoms with E-state index in [1.165, 1.54) is 6.20 Å². The lowest BCUT2D eigenvalue weighted by atomic mass is 10.1. The molecule has 0 aliphatic carbocycles. The van der Waals surface area contributed by atoms with Gasteiger partial charge in [-0.1, -0.05) is 24.1 Å². The molecule has 0 amide bonds. The number of nitrogen functional groups attached to an aromatic ring is 2. The van der Waals surface area contributed by atoms with E-state index in [0.29, 0.717) is 16.7 Å². The summed E-state index contributed by atoms with van der Waals surface area (Å²) in [4.78, 5) is 7.78. The van der Waals surface area contributed by atoms with Gasteiger partial charge in [-0.3, -0.25) is 0 Å². The average Bonchev–Trinajstić information content (AvgIpc) is 2.45. The van der Waals surface area contributed by atoms with Crippen molar-refractivity contribution in [2.75, 3.05) is 18.0 Å². The second-order valence-electron chi connectivity index (χ2n) is 4.51. The molecule has 0 unspecified atom stereocenters. The number of rotatable bonds is 5. The summed E-state index contributed by atoms with van der Waals surface area (Å²) in [6.45, 7) is -0.0409. The zero-order valence-electron chi connectivity index (χ0n) is 11.7. The van der Waals surface area contributed by atoms with Crippen LogP contribution in [0.25, 0.3) is 11.1 Å². The molecule has 8 heteroatoms. The van der Waals surface area contributed by atoms with E-state index in [-0.39, 0.29) is 24.1 Å². The van der Waals surface area contributed by atoms with Crippen LogP contribution in [0.2, 0.25) is 0 Å². The molecule has 2 aromatic rings. The van der Waals surface area contributed by atoms with E-state index in [2.05, 4.69) is 20.6 Å². The highest BCUT2D eigenvalue weighted by Gasteiger charge is 2.12. The van der Waals surface area contributed by atoms with Crippen LogP contribution in [0, 0.1) is 12.3 Å². The maximum atomic E-state index is 11.8. The molecule has 1 aromatic heterocycles. The predicted octanol–water partition coefficient (Wildman–Crippen LogP) is 0.361. The maximum Gasteiger partial charge on any atom is 0.221 e. The third-order valence-corrected chi connectivity index (χ3v) is 4.12. The lowest BCUT2D eigenvalue weighted by molar-refractivity contribution is 0.585. The summed E-state index contributed by atoms with van der Waals surface area (Å²) < 4.78 is 26.0. The van der Waals surface area contributed by atoms with E-state index >= 15 is 0 Å². The summed E-state index contributed by atoms with van der Waals surface area (Å²) in [6, 6.07) is 6.93. The van der Waals surface area contributed by atoms with E-state index < -0.39 is 10.0 Å². The summed E-state index contributed by atoms with van der Waals surface area (Å²) in [6.07, 6.45) is 6.54. The van der Waals surface area contributed by atoms with Crippen LogP contribution in [0.1, 0.15) is 5.56 Å². The Morgan fingerprint density at radius 1 is 1.32 bits per heavy atom. The van der Waals surface area contributed by atoms with Crippen molar-refractivity contribution < 1.29 is 8.42 Å². The number of hydrogen-bond donors (Lipinski definition) is 3. The first kappa shape index (κ1) is 15.8. The van der Waals surface area contributed by atoms with E-state index in [1.54, 1.807) is 24.3 Å². The van der Waals surface area contributed by atoms with Gasteiger partial charge in [-0.05, 0) is 17.2 Å². The van der Waals surface area contributed by atoms with Crippen molar-refractivity contribution in [3.8, 4) is 23.5 Å². The molecule has 22 heavy (non-hydrogen) atoms. The van der Waals surface area contributed by atoms with Crippen molar-refractivity contribution in [1.29, 1.82) is 0 Å². The number of terminal acetylenes is 1. The molecule has 114 valence electrons. The quantitative estimate of drug-likeness (QED) is 0.684. The number of benzene rings is 1. The van der Waals surface area contributed by atoms with Gasteiger partial charge < -0.3 is 11.5 Å². The van der Waals surface area contributed by atoms with Gasteiger partial charge in [0, 0.05) is 11.8 Å². The van der Waals surface area contributed by atoms with Crippen LogP contribution in [0.15, 0.2) is 30.5 Å². The lowest BCUT2D eigenvalue weighted by Gasteiger charge is -2.08. The molecule has 0 aliphatic rings. The Balaban J connectivity index is 2.29. The molecular formula is C14H15N5O2S. The van der Waals surface area contributed by atoms with Gasteiger partial charge in [-0.25, -0.2) is 18.1 Å². The Kier molecular flexibility index (Phi) is 4.60. The molecular weight excluding hydrogens is 302 g/mol. The van der Waals surface area contributed by atoms with Crippen LogP contribution in [0.5, 0.6) is 0 Å². The fraction of sp³-hybridized carbons (Fsp3) is 0.143. The molecule has 2 rings (SSSR count). The Morgan fingerprint density at radius 2 is 2.09 bits per heavy atom. The fourth-order valence-corrected chi connectivity index (χ4v) is 2.91. The monoisotopic (exact) mass is 317 g/mol. The van der Waals surface area contributed by atoms with Crippen molar-refractivity contribution in [3.05, 3.63) is 36.0 Å². The van der Waals surface area contributed by atoms with Crippen molar-refractivity contribution >= 4 is 21.8 Å². The Bertz CT molecular complexity index is 827. The Labute approximate surface area is 128 Å². The van der Waals surface area contributed by atoms with Crippen molar-refractivity contribution in [1.82, 2.24) is 14.7 Å². The van der Waals surface area contributed by atoms with E-state index in [0.717, 1.165) is 0 Å². The smallest absolute Gasteiger partial charge is 0.221 e. The Morgan fingerprint density at radius 3 is 2.77 bits per heavy atom. The summed E-state index contributed by atoms with van der Waals surface area (Å²) in [5.41, 5.74) is 13.2. The summed E-state index contributed by atoms with van der Waals surface area (Å²) in [5.74, 6) is 2.36. The predicted molar refractivity (Wildman–Crippen MR) is 85.8 cm³/mol. The van der Waals surface area contributed by atoms with Gasteiger partial charge in [-0.2, -0.15) is 4.98 Å². The van der Waals surface area contributed by atoms with Gasteiger partial charge >= 0.3 is 0 Å². The molecule has 0 saturated carbocycles. The molecule has 0 bridgehead atoms. The zero-order valence-corrected chi connectivity index (χ0v) is 12.5. The summed E-state index contributed by atoms with van der Waals surface area (Å²) >= 11 is 0. The van der Waals surface area contributed by atoms with Crippen LogP contribution in [0.3, 0.4) is 0 Å². The Hall–Kier alpha value is -2.63. The number of nitrogens with one attached hydrogen (secondary N) is 1. The van der Waals surface area contributed by atoms with Crippen LogP contribution >= 0.6 is 0 Å². The highest BCUT2D eigenvalue weighted by Crippen LogP contribution is 2.25. The number of sulfonamides is 1. The van der Waals surface area contributed by atoms with E-state index in [9.17, 15) is 8.42 Å². The average molecular weight is 317 g/mol. The molecule has 0 saturated heterocycles. The van der Waals surface area contributed by atoms with Crippen LogP contribution in [0.4, 0.5) is 11.8 Å². The summed E-state index contributed by atoms with van der Waals surface area (Å²) in [7, 11) is -3.49. The third kappa shape index (κ3) is 3.94. The van der Waals surface area contributed by atoms with E-state index in [4.69, 9.17) is 17.9 Å². The summed E-state index contributed by atoms with van der Waals surface area (Å²) in [5, 5.41) is 0. The number of hydrogen-bond acceptors (Lipinski definition) is 6. The topological polar surface area (TPSA) is 124 Å². The van der Waals surface area contributed by atoms with Crippen LogP contribution < -0.4 is 16.2 Å². The molecule has 7 nitrogen and oxygen atoms in total. The number of anilines is 2. The number of nitrogens with two attached hydrogens (primary N) is 2. The maximum absolute atomic E-state index is 11.8. The van der Waals surface area contributed by atoms with Gasteiger partial charge in [0.15, 0.2) is 0 Å². The molecule has 1 heterocycles. The highest BCUT2D eigenvalue weighted by molar-refractivity contribution is 7.88. The van der Waals surface area contributed by atoms with Gasteiger partial charge in [0.2, 0.25) is 16.0 Å². The first-order valence-corrected chi connectivity index (χ1v) is 7.94. The van der Waals surface area contributed by atoms with Crippen molar-refractivity contribution in [2.24, 2.45) is 0 Å². The van der Waals surface area contributed by atoms with Gasteiger partial charge in [-0.15, -0.1) is 6.42 Å². The molecule has 5 N–H and O–H groups in total. The minimum atomic E-state index is -3.49. The fourth-order valence-electron chi connectivity index (χ4n) is 1.88. The highest BCUT2D eigenvalue weighted by atomic mass is 32.2. The van der Waals surface area contributed by atoms with Gasteiger partial charge in [0.25, 0.3) is 0 Å². The molecule has 0 spiro atoms. The number of nitrogens with zero attached hydrogens (tertiary/aromatic N) is 2. The minimum absolute atomic E-state index is 0.0409. The minimum Gasteiger partial charge on any atom is -0.383 e. The first-order valence-electron chi connectivity index (χ1n) is 6.29. The van der Waals surface area contributed by atoms with Crippen LogP contribution in [-0.2, 0) is 15.8 Å². The largest absolute Gasteiger partial charge is 0.383 e. The number of aromatic nitrogens is 2. The standard InChI is InChI=1S/C14H15N5O2S/c1-2-6-18-22(20,21)9-10-4-3-5-11(7-10)12-8-17-14(16)19-13(12)15/h1,3-5,7-8,18H,6,9H2,(H4,15,16,17,19). The van der Waals surface area contributed by atoms with Gasteiger partial charge in [0.1, 0.15) is 5.82 Å². The van der Waals surface area contributed by atoms with Crippen molar-refractivity contribution in [3.63, 3.8) is 0 Å². The van der Waals surface area contributed by atoms with Gasteiger partial charge in [0.05, 0.1) is 12.3 Å². The lowest BCUT2D eigenvalue weighted by Crippen LogP contribution is -2.25. The molecule has 0 atom stereocenters. The molecule has 0 aliphatic heterocycles. The first-order chi connectivity index (χ1) is 10.4. The molecule has 0 fully saturated rings. The second kappa shape index (κ2) is 6.43. The second-order valence-corrected chi connectivity index (χ2v) is 6.32. The SMILES string of the molecule is C#CCNS(=O)(=O)Cc1cccc(-c2cnc(N)nc2N)c1. The van der Waals surface area contributed by atoms with E-state index in [1.807, 2.05) is 0 Å². The normalized spacial score (nSPS) is 11.0. The van der Waals surface area contributed by atoms with Crippen molar-refractivity contribution in [2.45, 2.75) is 5.75 Å². The molecule has 1 aromatic carbocycles.